The summed E-state index contributed by atoms with van der Waals surface area (Å²) in [6, 6.07) is 10.9. The minimum atomic E-state index is -0.126. The topological polar surface area (TPSA) is 66.6 Å². The van der Waals surface area contributed by atoms with E-state index in [1.165, 1.54) is 0 Å². The van der Waals surface area contributed by atoms with Gasteiger partial charge in [-0.1, -0.05) is 18.2 Å². The first-order valence-corrected chi connectivity index (χ1v) is 7.56. The molecule has 0 aliphatic rings. The molecule has 3 aromatic rings. The van der Waals surface area contributed by atoms with Crippen molar-refractivity contribution in [2.45, 2.75) is 20.3 Å². The molecule has 0 fully saturated rings. The summed E-state index contributed by atoms with van der Waals surface area (Å²) in [6.45, 7) is 4.36. The van der Waals surface area contributed by atoms with Crippen LogP contribution in [0, 0.1) is 13.8 Å². The molecule has 0 saturated heterocycles. The monoisotopic (exact) mass is 309 g/mol. The Morgan fingerprint density at radius 3 is 2.65 bits per heavy atom. The van der Waals surface area contributed by atoms with E-state index in [0.29, 0.717) is 18.7 Å². The van der Waals surface area contributed by atoms with E-state index in [9.17, 15) is 9.90 Å². The van der Waals surface area contributed by atoms with E-state index in [0.717, 1.165) is 22.5 Å². The van der Waals surface area contributed by atoms with Crippen LogP contribution >= 0.6 is 0 Å². The quantitative estimate of drug-likeness (QED) is 0.778. The second-order valence-corrected chi connectivity index (χ2v) is 5.65. The summed E-state index contributed by atoms with van der Waals surface area (Å²) in [6.07, 6.45) is 2.63. The number of fused-ring (bicyclic) bond motifs is 1. The number of aromatic nitrogens is 2. The van der Waals surface area contributed by atoms with Crippen LogP contribution in [0.2, 0.25) is 0 Å². The maximum absolute atomic E-state index is 12.5. The largest absolute Gasteiger partial charge is 0.508 e. The molecule has 2 aromatic heterocycles. The molecule has 1 aromatic carbocycles. The number of nitrogens with one attached hydrogen (secondary N) is 1. The lowest BCUT2D eigenvalue weighted by molar-refractivity contribution is 0.0947. The number of carbonyl (C=O) groups excluding carboxylic acids is 1. The number of benzene rings is 1. The molecule has 1 amide bonds. The van der Waals surface area contributed by atoms with Gasteiger partial charge in [-0.2, -0.15) is 0 Å². The molecule has 0 aliphatic heterocycles. The molecule has 0 saturated carbocycles. The fraction of sp³-hybridized carbons (Fsp3) is 0.222. The van der Waals surface area contributed by atoms with Gasteiger partial charge < -0.3 is 10.4 Å². The van der Waals surface area contributed by atoms with E-state index in [1.807, 2.05) is 48.7 Å². The molecule has 5 nitrogen and oxygen atoms in total. The smallest absolute Gasteiger partial charge is 0.270 e. The number of hydrogen-bond donors (Lipinski definition) is 2. The normalized spacial score (nSPS) is 10.9. The van der Waals surface area contributed by atoms with Crippen molar-refractivity contribution in [3.63, 3.8) is 0 Å². The van der Waals surface area contributed by atoms with Crippen LogP contribution in [0.1, 0.15) is 27.3 Å². The van der Waals surface area contributed by atoms with Gasteiger partial charge in [-0.3, -0.25) is 9.20 Å². The first-order chi connectivity index (χ1) is 11.0. The highest BCUT2D eigenvalue weighted by Gasteiger charge is 2.16. The van der Waals surface area contributed by atoms with Crippen LogP contribution in [-0.2, 0) is 6.42 Å². The highest BCUT2D eigenvalue weighted by Crippen LogP contribution is 2.14. The molecule has 5 heteroatoms. The van der Waals surface area contributed by atoms with E-state index >= 15 is 0 Å². The standard InChI is InChI=1S/C18H19N3O2/c1-12-3-8-16-20-13(2)17(21(16)11-12)18(23)19-10-9-14-4-6-15(22)7-5-14/h3-8,11,22H,9-10H2,1-2H3,(H,19,23). The van der Waals surface area contributed by atoms with Crippen LogP contribution in [-0.4, -0.2) is 26.9 Å². The summed E-state index contributed by atoms with van der Waals surface area (Å²) in [5.74, 6) is 0.119. The van der Waals surface area contributed by atoms with E-state index in [2.05, 4.69) is 10.3 Å². The molecule has 118 valence electrons. The number of pyridine rings is 1. The third-order valence-electron chi connectivity index (χ3n) is 3.79. The van der Waals surface area contributed by atoms with Crippen LogP contribution in [0.4, 0.5) is 0 Å². The van der Waals surface area contributed by atoms with E-state index < -0.39 is 0 Å². The Bertz CT molecular complexity index is 851. The summed E-state index contributed by atoms with van der Waals surface area (Å²) < 4.78 is 1.83. The van der Waals surface area contributed by atoms with Gasteiger partial charge in [0.05, 0.1) is 5.69 Å². The van der Waals surface area contributed by atoms with Gasteiger partial charge in [-0.25, -0.2) is 4.98 Å². The minimum absolute atomic E-state index is 0.126. The highest BCUT2D eigenvalue weighted by molar-refractivity contribution is 5.94. The zero-order valence-electron chi connectivity index (χ0n) is 13.2. The number of imidazole rings is 1. The summed E-state index contributed by atoms with van der Waals surface area (Å²) >= 11 is 0. The van der Waals surface area contributed by atoms with Crippen molar-refractivity contribution >= 4 is 11.6 Å². The van der Waals surface area contributed by atoms with Crippen LogP contribution < -0.4 is 5.32 Å². The third-order valence-corrected chi connectivity index (χ3v) is 3.79. The number of amides is 1. The number of phenolic OH excluding ortho intramolecular Hbond substituents is 1. The van der Waals surface area contributed by atoms with Crippen molar-refractivity contribution in [3.05, 3.63) is 65.1 Å². The van der Waals surface area contributed by atoms with Crippen molar-refractivity contribution in [1.29, 1.82) is 0 Å². The van der Waals surface area contributed by atoms with Gasteiger partial charge >= 0.3 is 0 Å². The minimum Gasteiger partial charge on any atom is -0.508 e. The second-order valence-electron chi connectivity index (χ2n) is 5.65. The van der Waals surface area contributed by atoms with E-state index in [1.54, 1.807) is 12.1 Å². The van der Waals surface area contributed by atoms with Gasteiger partial charge in [0.15, 0.2) is 0 Å². The SMILES string of the molecule is Cc1ccc2nc(C)c(C(=O)NCCc3ccc(O)cc3)n2c1. The lowest BCUT2D eigenvalue weighted by Crippen LogP contribution is -2.27. The molecule has 0 atom stereocenters. The Labute approximate surface area is 134 Å². The van der Waals surface area contributed by atoms with Gasteiger partial charge in [0, 0.05) is 12.7 Å². The number of aryl methyl sites for hydroxylation is 2. The Kier molecular flexibility index (Phi) is 4.02. The summed E-state index contributed by atoms with van der Waals surface area (Å²) in [5, 5.41) is 12.2. The lowest BCUT2D eigenvalue weighted by Gasteiger charge is -2.07. The molecule has 23 heavy (non-hydrogen) atoms. The number of aromatic hydroxyl groups is 1. The molecule has 0 aliphatic carbocycles. The van der Waals surface area contributed by atoms with E-state index in [4.69, 9.17) is 0 Å². The highest BCUT2D eigenvalue weighted by atomic mass is 16.3. The van der Waals surface area contributed by atoms with Crippen molar-refractivity contribution in [1.82, 2.24) is 14.7 Å². The molecule has 3 rings (SSSR count). The summed E-state index contributed by atoms with van der Waals surface area (Å²) in [5.41, 5.74) is 4.21. The van der Waals surface area contributed by atoms with Crippen LogP contribution in [0.25, 0.3) is 5.65 Å². The molecular formula is C18H19N3O2. The molecule has 0 unspecified atom stereocenters. The molecule has 2 heterocycles. The molecular weight excluding hydrogens is 290 g/mol. The van der Waals surface area contributed by atoms with Gasteiger partial charge in [-0.05, 0) is 49.6 Å². The predicted octanol–water partition coefficient (Wildman–Crippen LogP) is 2.63. The number of carbonyl (C=O) groups is 1. The molecule has 0 spiro atoms. The fourth-order valence-electron chi connectivity index (χ4n) is 2.61. The molecule has 2 N–H and O–H groups in total. The maximum atomic E-state index is 12.5. The Balaban J connectivity index is 1.72. The van der Waals surface area contributed by atoms with Crippen LogP contribution in [0.5, 0.6) is 5.75 Å². The van der Waals surface area contributed by atoms with Gasteiger partial charge in [0.2, 0.25) is 0 Å². The van der Waals surface area contributed by atoms with Gasteiger partial charge in [-0.15, -0.1) is 0 Å². The lowest BCUT2D eigenvalue weighted by atomic mass is 10.1. The number of phenols is 1. The zero-order valence-corrected chi connectivity index (χ0v) is 13.2. The second kappa shape index (κ2) is 6.12. The van der Waals surface area contributed by atoms with Crippen LogP contribution in [0.15, 0.2) is 42.6 Å². The molecule has 0 radical (unpaired) electrons. The first-order valence-electron chi connectivity index (χ1n) is 7.56. The van der Waals surface area contributed by atoms with Crippen LogP contribution in [0.3, 0.4) is 0 Å². The summed E-state index contributed by atoms with van der Waals surface area (Å²) in [7, 11) is 0. The van der Waals surface area contributed by atoms with Crippen molar-refractivity contribution in [2.24, 2.45) is 0 Å². The average molecular weight is 309 g/mol. The third kappa shape index (κ3) is 3.18. The Hall–Kier alpha value is -2.82. The number of rotatable bonds is 4. The van der Waals surface area contributed by atoms with Gasteiger partial charge in [0.25, 0.3) is 5.91 Å². The Morgan fingerprint density at radius 1 is 1.17 bits per heavy atom. The number of hydrogen-bond acceptors (Lipinski definition) is 3. The average Bonchev–Trinajstić information content (AvgIpc) is 2.84. The van der Waals surface area contributed by atoms with Crippen molar-refractivity contribution < 1.29 is 9.90 Å². The van der Waals surface area contributed by atoms with Crippen molar-refractivity contribution in [2.75, 3.05) is 6.54 Å². The predicted molar refractivity (Wildman–Crippen MR) is 88.8 cm³/mol. The zero-order chi connectivity index (χ0) is 16.4. The summed E-state index contributed by atoms with van der Waals surface area (Å²) in [4.78, 5) is 16.9. The van der Waals surface area contributed by atoms with Crippen molar-refractivity contribution in [3.8, 4) is 5.75 Å². The van der Waals surface area contributed by atoms with Gasteiger partial charge in [0.1, 0.15) is 17.1 Å². The number of nitrogens with zero attached hydrogens (tertiary/aromatic N) is 2. The maximum Gasteiger partial charge on any atom is 0.270 e. The molecule has 0 bridgehead atoms. The van der Waals surface area contributed by atoms with E-state index in [-0.39, 0.29) is 11.7 Å². The Morgan fingerprint density at radius 2 is 1.91 bits per heavy atom. The first kappa shape index (κ1) is 15.1. The fourth-order valence-corrected chi connectivity index (χ4v) is 2.61.